The zero-order valence-electron chi connectivity index (χ0n) is 15.4. The lowest BCUT2D eigenvalue weighted by molar-refractivity contribution is -0.136. The van der Waals surface area contributed by atoms with Crippen molar-refractivity contribution in [2.75, 3.05) is 26.2 Å². The number of likely N-dealkylation sites (tertiary alicyclic amines) is 1. The lowest BCUT2D eigenvalue weighted by Crippen LogP contribution is -2.43. The number of hydrogen-bond acceptors (Lipinski definition) is 3. The van der Waals surface area contributed by atoms with Crippen LogP contribution in [0, 0.1) is 25.7 Å². The third kappa shape index (κ3) is 4.34. The minimum absolute atomic E-state index is 0.0296. The number of carbonyl (C=O) groups is 1. The molecule has 23 heavy (non-hydrogen) atoms. The van der Waals surface area contributed by atoms with Gasteiger partial charge in [0, 0.05) is 31.7 Å². The molecule has 0 saturated carbocycles. The van der Waals surface area contributed by atoms with Crippen LogP contribution in [0.2, 0.25) is 0 Å². The Morgan fingerprint density at radius 1 is 1.35 bits per heavy atom. The summed E-state index contributed by atoms with van der Waals surface area (Å²) in [7, 11) is 1.97. The van der Waals surface area contributed by atoms with E-state index in [1.165, 1.54) is 11.3 Å². The average Bonchev–Trinajstić information content (AvgIpc) is 2.79. The highest BCUT2D eigenvalue weighted by molar-refractivity contribution is 5.79. The molecule has 1 aromatic heterocycles. The predicted octanol–water partition coefficient (Wildman–Crippen LogP) is 2.06. The second kappa shape index (κ2) is 7.95. The Balaban J connectivity index is 1.88. The molecule has 1 unspecified atom stereocenters. The van der Waals surface area contributed by atoms with Crippen molar-refractivity contribution in [3.05, 3.63) is 17.0 Å². The van der Waals surface area contributed by atoms with Crippen molar-refractivity contribution in [1.82, 2.24) is 20.0 Å². The van der Waals surface area contributed by atoms with E-state index >= 15 is 0 Å². The number of aromatic nitrogens is 2. The summed E-state index contributed by atoms with van der Waals surface area (Å²) >= 11 is 0. The topological polar surface area (TPSA) is 50.2 Å². The van der Waals surface area contributed by atoms with Crippen molar-refractivity contribution < 1.29 is 4.79 Å². The maximum absolute atomic E-state index is 12.7. The normalized spacial score (nSPS) is 17.5. The fourth-order valence-electron chi connectivity index (χ4n) is 3.52. The largest absolute Gasteiger partial charge is 0.342 e. The zero-order valence-corrected chi connectivity index (χ0v) is 15.4. The van der Waals surface area contributed by atoms with Gasteiger partial charge in [-0.25, -0.2) is 0 Å². The van der Waals surface area contributed by atoms with Crippen LogP contribution < -0.4 is 5.32 Å². The number of hydrogen-bond donors (Lipinski definition) is 1. The van der Waals surface area contributed by atoms with Gasteiger partial charge < -0.3 is 10.2 Å². The molecule has 130 valence electrons. The minimum atomic E-state index is 0.0296. The highest BCUT2D eigenvalue weighted by Crippen LogP contribution is 2.22. The number of rotatable bonds is 6. The van der Waals surface area contributed by atoms with Crippen molar-refractivity contribution in [3.8, 4) is 0 Å². The van der Waals surface area contributed by atoms with E-state index in [-0.39, 0.29) is 5.92 Å². The van der Waals surface area contributed by atoms with E-state index in [1.807, 2.05) is 18.7 Å². The Kier molecular flexibility index (Phi) is 6.22. The Morgan fingerprint density at radius 3 is 2.52 bits per heavy atom. The molecule has 2 rings (SSSR count). The molecule has 1 amide bonds. The van der Waals surface area contributed by atoms with Crippen LogP contribution in [-0.2, 0) is 18.3 Å². The standard InChI is InChI=1S/C18H32N4O/c1-6-19-12-16-7-9-22(10-8-16)18(23)13(2)11-17-14(3)20-21(5)15(17)4/h13,16,19H,6-12H2,1-5H3. The van der Waals surface area contributed by atoms with Crippen molar-refractivity contribution in [3.63, 3.8) is 0 Å². The smallest absolute Gasteiger partial charge is 0.225 e. The Labute approximate surface area is 140 Å². The SMILES string of the molecule is CCNCC1CCN(C(=O)C(C)Cc2c(C)nn(C)c2C)CC1. The molecule has 1 aromatic rings. The molecule has 1 fully saturated rings. The summed E-state index contributed by atoms with van der Waals surface area (Å²) in [5.41, 5.74) is 3.45. The van der Waals surface area contributed by atoms with Crippen LogP contribution in [0.15, 0.2) is 0 Å². The fraction of sp³-hybridized carbons (Fsp3) is 0.778. The summed E-state index contributed by atoms with van der Waals surface area (Å²) in [6.45, 7) is 12.2. The van der Waals surface area contributed by atoms with Crippen molar-refractivity contribution in [1.29, 1.82) is 0 Å². The van der Waals surface area contributed by atoms with Gasteiger partial charge in [0.15, 0.2) is 0 Å². The lowest BCUT2D eigenvalue weighted by atomic mass is 9.94. The van der Waals surface area contributed by atoms with Gasteiger partial charge in [-0.3, -0.25) is 9.48 Å². The van der Waals surface area contributed by atoms with Crippen molar-refractivity contribution in [2.45, 2.75) is 47.0 Å². The number of nitrogens with one attached hydrogen (secondary N) is 1. The molecule has 5 nitrogen and oxygen atoms in total. The van der Waals surface area contributed by atoms with Crippen molar-refractivity contribution in [2.24, 2.45) is 18.9 Å². The second-order valence-corrected chi connectivity index (χ2v) is 6.95. The summed E-state index contributed by atoms with van der Waals surface area (Å²) in [4.78, 5) is 14.8. The number of piperidine rings is 1. The van der Waals surface area contributed by atoms with Crippen LogP contribution >= 0.6 is 0 Å². The van der Waals surface area contributed by atoms with E-state index in [0.29, 0.717) is 5.91 Å². The molecule has 0 spiro atoms. The van der Waals surface area contributed by atoms with Gasteiger partial charge in [-0.2, -0.15) is 5.10 Å². The average molecular weight is 320 g/mol. The number of aryl methyl sites for hydroxylation is 2. The quantitative estimate of drug-likeness (QED) is 0.873. The zero-order chi connectivity index (χ0) is 17.0. The van der Waals surface area contributed by atoms with Gasteiger partial charge in [-0.1, -0.05) is 13.8 Å². The molecular formula is C18H32N4O. The van der Waals surface area contributed by atoms with Gasteiger partial charge in [-0.05, 0) is 57.7 Å². The molecule has 0 radical (unpaired) electrons. The van der Waals surface area contributed by atoms with Gasteiger partial charge in [0.2, 0.25) is 5.91 Å². The molecule has 0 aromatic carbocycles. The Bertz CT molecular complexity index is 529. The number of carbonyl (C=O) groups excluding carboxylic acids is 1. The first-order chi connectivity index (χ1) is 10.9. The number of amides is 1. The van der Waals surface area contributed by atoms with Gasteiger partial charge in [-0.15, -0.1) is 0 Å². The predicted molar refractivity (Wildman–Crippen MR) is 93.4 cm³/mol. The highest BCUT2D eigenvalue weighted by atomic mass is 16.2. The summed E-state index contributed by atoms with van der Waals surface area (Å²) in [5.74, 6) is 1.05. The van der Waals surface area contributed by atoms with E-state index in [1.54, 1.807) is 0 Å². The molecule has 1 aliphatic rings. The van der Waals surface area contributed by atoms with E-state index in [0.717, 1.165) is 57.1 Å². The first-order valence-electron chi connectivity index (χ1n) is 8.92. The monoisotopic (exact) mass is 320 g/mol. The first kappa shape index (κ1) is 18.0. The summed E-state index contributed by atoms with van der Waals surface area (Å²) < 4.78 is 1.91. The van der Waals surface area contributed by atoms with Crippen molar-refractivity contribution >= 4 is 5.91 Å². The van der Waals surface area contributed by atoms with E-state index in [2.05, 4.69) is 36.1 Å². The van der Waals surface area contributed by atoms with Gasteiger partial charge in [0.25, 0.3) is 0 Å². The molecule has 1 atom stereocenters. The van der Waals surface area contributed by atoms with Gasteiger partial charge >= 0.3 is 0 Å². The van der Waals surface area contributed by atoms with Gasteiger partial charge in [0.1, 0.15) is 0 Å². The summed E-state index contributed by atoms with van der Waals surface area (Å²) in [6.07, 6.45) is 3.04. The molecular weight excluding hydrogens is 288 g/mol. The molecule has 0 bridgehead atoms. The Hall–Kier alpha value is -1.36. The highest BCUT2D eigenvalue weighted by Gasteiger charge is 2.27. The third-order valence-electron chi connectivity index (χ3n) is 5.20. The van der Waals surface area contributed by atoms with E-state index in [4.69, 9.17) is 0 Å². The van der Waals surface area contributed by atoms with Crippen LogP contribution in [0.4, 0.5) is 0 Å². The molecule has 1 aliphatic heterocycles. The summed E-state index contributed by atoms with van der Waals surface area (Å²) in [6, 6.07) is 0. The second-order valence-electron chi connectivity index (χ2n) is 6.95. The van der Waals surface area contributed by atoms with Crippen LogP contribution in [0.5, 0.6) is 0 Å². The Morgan fingerprint density at radius 2 is 2.00 bits per heavy atom. The number of nitrogens with zero attached hydrogens (tertiary/aromatic N) is 3. The van der Waals surface area contributed by atoms with E-state index in [9.17, 15) is 4.79 Å². The molecule has 2 heterocycles. The molecule has 5 heteroatoms. The molecule has 1 saturated heterocycles. The van der Waals surface area contributed by atoms with Crippen LogP contribution in [-0.4, -0.2) is 46.8 Å². The van der Waals surface area contributed by atoms with Crippen LogP contribution in [0.1, 0.15) is 43.6 Å². The van der Waals surface area contributed by atoms with E-state index < -0.39 is 0 Å². The lowest BCUT2D eigenvalue weighted by Gasteiger charge is -2.33. The third-order valence-corrected chi connectivity index (χ3v) is 5.20. The maximum atomic E-state index is 12.7. The molecule has 0 aliphatic carbocycles. The minimum Gasteiger partial charge on any atom is -0.342 e. The first-order valence-corrected chi connectivity index (χ1v) is 8.92. The maximum Gasteiger partial charge on any atom is 0.225 e. The van der Waals surface area contributed by atoms with Gasteiger partial charge in [0.05, 0.1) is 5.69 Å². The van der Waals surface area contributed by atoms with Crippen LogP contribution in [0.25, 0.3) is 0 Å². The molecule has 1 N–H and O–H groups in total. The summed E-state index contributed by atoms with van der Waals surface area (Å²) in [5, 5.41) is 7.88. The fourth-order valence-corrected chi connectivity index (χ4v) is 3.52. The van der Waals surface area contributed by atoms with Crippen LogP contribution in [0.3, 0.4) is 0 Å².